The number of carbonyl (C=O) groups excluding carboxylic acids is 2. The smallest absolute Gasteiger partial charge is 0.265 e. The standard InChI is InChI=1S/C29H28FN3O3S/c1-32(2)26-15-12-24(31-28(34)27-5-4-16-37-27)17-22(26)19-33(18-20-6-10-23(30)11-7-20)29(35)21-8-13-25(36-3)14-9-21/h4-17H,18-19H2,1-3H3,(H,31,34). The number of carbonyl (C=O) groups is 2. The molecule has 8 heteroatoms. The number of nitrogens with one attached hydrogen (secondary N) is 1. The van der Waals surface area contributed by atoms with Crippen molar-refractivity contribution in [1.29, 1.82) is 0 Å². The van der Waals surface area contributed by atoms with Gasteiger partial charge in [0.05, 0.1) is 12.0 Å². The van der Waals surface area contributed by atoms with Crippen LogP contribution in [0.5, 0.6) is 5.75 Å². The van der Waals surface area contributed by atoms with Crippen LogP contribution in [0, 0.1) is 5.82 Å². The molecule has 0 unspecified atom stereocenters. The maximum absolute atomic E-state index is 13.6. The lowest BCUT2D eigenvalue weighted by Crippen LogP contribution is -2.31. The Kier molecular flexibility index (Phi) is 8.20. The fourth-order valence-corrected chi connectivity index (χ4v) is 4.58. The van der Waals surface area contributed by atoms with Gasteiger partial charge in [-0.15, -0.1) is 11.3 Å². The molecule has 4 rings (SSSR count). The average Bonchev–Trinajstić information content (AvgIpc) is 3.45. The Morgan fingerprint density at radius 2 is 1.68 bits per heavy atom. The fourth-order valence-electron chi connectivity index (χ4n) is 3.96. The molecule has 1 N–H and O–H groups in total. The van der Waals surface area contributed by atoms with Gasteiger partial charge in [0, 0.05) is 44.1 Å². The number of methoxy groups -OCH3 is 1. The molecule has 0 saturated heterocycles. The molecule has 0 bridgehead atoms. The number of anilines is 2. The van der Waals surface area contributed by atoms with Gasteiger partial charge in [-0.25, -0.2) is 4.39 Å². The average molecular weight is 518 g/mol. The van der Waals surface area contributed by atoms with E-state index < -0.39 is 0 Å². The molecule has 2 amide bonds. The number of nitrogens with zero attached hydrogens (tertiary/aromatic N) is 2. The van der Waals surface area contributed by atoms with E-state index in [-0.39, 0.29) is 30.7 Å². The quantitative estimate of drug-likeness (QED) is 0.293. The summed E-state index contributed by atoms with van der Waals surface area (Å²) in [6.07, 6.45) is 0. The Morgan fingerprint density at radius 3 is 2.30 bits per heavy atom. The monoisotopic (exact) mass is 517 g/mol. The van der Waals surface area contributed by atoms with Crippen molar-refractivity contribution in [2.24, 2.45) is 0 Å². The van der Waals surface area contributed by atoms with Gasteiger partial charge in [-0.05, 0) is 77.2 Å². The predicted molar refractivity (Wildman–Crippen MR) is 146 cm³/mol. The van der Waals surface area contributed by atoms with Crippen LogP contribution in [0.4, 0.5) is 15.8 Å². The van der Waals surface area contributed by atoms with Crippen LogP contribution < -0.4 is 15.0 Å². The number of hydrogen-bond acceptors (Lipinski definition) is 5. The number of benzene rings is 3. The third-order valence-corrected chi connectivity index (χ3v) is 6.70. The van der Waals surface area contributed by atoms with E-state index >= 15 is 0 Å². The minimum atomic E-state index is -0.333. The van der Waals surface area contributed by atoms with Crippen LogP contribution in [0.1, 0.15) is 31.2 Å². The van der Waals surface area contributed by atoms with Crippen LogP contribution >= 0.6 is 11.3 Å². The molecule has 0 fully saturated rings. The third kappa shape index (κ3) is 6.54. The second-order valence-electron chi connectivity index (χ2n) is 8.69. The van der Waals surface area contributed by atoms with E-state index in [4.69, 9.17) is 4.74 Å². The molecule has 1 aromatic heterocycles. The Morgan fingerprint density at radius 1 is 0.946 bits per heavy atom. The summed E-state index contributed by atoms with van der Waals surface area (Å²) in [4.78, 5) is 30.6. The molecule has 0 atom stereocenters. The number of halogens is 1. The van der Waals surface area contributed by atoms with Gasteiger partial charge in [-0.2, -0.15) is 0 Å². The lowest BCUT2D eigenvalue weighted by atomic mass is 10.1. The molecule has 190 valence electrons. The Labute approximate surface area is 219 Å². The molecule has 1 heterocycles. The number of rotatable bonds is 9. The minimum Gasteiger partial charge on any atom is -0.497 e. The lowest BCUT2D eigenvalue weighted by Gasteiger charge is -2.27. The van der Waals surface area contributed by atoms with E-state index in [0.29, 0.717) is 21.9 Å². The molecule has 37 heavy (non-hydrogen) atoms. The summed E-state index contributed by atoms with van der Waals surface area (Å²) in [5.41, 5.74) is 3.73. The molecule has 0 aliphatic rings. The Balaban J connectivity index is 1.66. The van der Waals surface area contributed by atoms with Gasteiger partial charge in [0.15, 0.2) is 0 Å². The summed E-state index contributed by atoms with van der Waals surface area (Å²) in [5.74, 6) is -0.0349. The van der Waals surface area contributed by atoms with Crippen LogP contribution in [-0.2, 0) is 13.1 Å². The van der Waals surface area contributed by atoms with Gasteiger partial charge in [-0.3, -0.25) is 9.59 Å². The van der Waals surface area contributed by atoms with Gasteiger partial charge in [0.2, 0.25) is 0 Å². The second-order valence-corrected chi connectivity index (χ2v) is 9.63. The summed E-state index contributed by atoms with van der Waals surface area (Å²) < 4.78 is 18.8. The van der Waals surface area contributed by atoms with Crippen molar-refractivity contribution >= 4 is 34.5 Å². The lowest BCUT2D eigenvalue weighted by molar-refractivity contribution is 0.0730. The Hall–Kier alpha value is -4.17. The highest BCUT2D eigenvalue weighted by Gasteiger charge is 2.20. The fraction of sp³-hybridized carbons (Fsp3) is 0.172. The molecule has 0 radical (unpaired) electrons. The second kappa shape index (κ2) is 11.7. The van der Waals surface area contributed by atoms with Crippen LogP contribution in [0.25, 0.3) is 0 Å². The van der Waals surface area contributed by atoms with E-state index in [2.05, 4.69) is 5.32 Å². The van der Waals surface area contributed by atoms with E-state index in [1.165, 1.54) is 23.5 Å². The summed E-state index contributed by atoms with van der Waals surface area (Å²) in [5, 5.41) is 4.80. The van der Waals surface area contributed by atoms with Crippen LogP contribution in [0.2, 0.25) is 0 Å². The first-order valence-corrected chi connectivity index (χ1v) is 12.5. The van der Waals surface area contributed by atoms with E-state index in [0.717, 1.165) is 16.8 Å². The van der Waals surface area contributed by atoms with Crippen molar-refractivity contribution in [3.63, 3.8) is 0 Å². The van der Waals surface area contributed by atoms with Gasteiger partial charge >= 0.3 is 0 Å². The predicted octanol–water partition coefficient (Wildman–Crippen LogP) is 6.06. The zero-order chi connectivity index (χ0) is 26.4. The van der Waals surface area contributed by atoms with E-state index in [1.807, 2.05) is 48.6 Å². The van der Waals surface area contributed by atoms with Crippen molar-refractivity contribution in [1.82, 2.24) is 4.90 Å². The number of amides is 2. The first kappa shape index (κ1) is 25.9. The van der Waals surface area contributed by atoms with Gasteiger partial charge in [-0.1, -0.05) is 18.2 Å². The van der Waals surface area contributed by atoms with Gasteiger partial charge in [0.1, 0.15) is 11.6 Å². The molecular weight excluding hydrogens is 489 g/mol. The number of ether oxygens (including phenoxy) is 1. The molecule has 0 aliphatic heterocycles. The summed E-state index contributed by atoms with van der Waals surface area (Å²) in [6.45, 7) is 0.558. The SMILES string of the molecule is COc1ccc(C(=O)N(Cc2ccc(F)cc2)Cc2cc(NC(=O)c3cccs3)ccc2N(C)C)cc1. The van der Waals surface area contributed by atoms with Crippen molar-refractivity contribution in [3.8, 4) is 5.75 Å². The molecule has 3 aromatic carbocycles. The number of thiophene rings is 1. The highest BCUT2D eigenvalue weighted by molar-refractivity contribution is 7.12. The topological polar surface area (TPSA) is 61.9 Å². The zero-order valence-electron chi connectivity index (χ0n) is 20.9. The summed E-state index contributed by atoms with van der Waals surface area (Å²) in [7, 11) is 5.43. The van der Waals surface area contributed by atoms with Gasteiger partial charge < -0.3 is 19.9 Å². The molecule has 0 saturated carbocycles. The van der Waals surface area contributed by atoms with Crippen molar-refractivity contribution in [2.75, 3.05) is 31.4 Å². The maximum atomic E-state index is 13.6. The summed E-state index contributed by atoms with van der Waals surface area (Å²) in [6, 6.07) is 22.3. The van der Waals surface area contributed by atoms with Crippen molar-refractivity contribution < 1.29 is 18.7 Å². The highest BCUT2D eigenvalue weighted by Crippen LogP contribution is 2.27. The molecule has 0 aliphatic carbocycles. The maximum Gasteiger partial charge on any atom is 0.265 e. The molecule has 4 aromatic rings. The minimum absolute atomic E-state index is 0.176. The molecular formula is C29H28FN3O3S. The molecule has 0 spiro atoms. The zero-order valence-corrected chi connectivity index (χ0v) is 21.7. The first-order chi connectivity index (χ1) is 17.8. The van der Waals surface area contributed by atoms with Crippen LogP contribution in [0.15, 0.2) is 84.2 Å². The normalized spacial score (nSPS) is 10.6. The van der Waals surface area contributed by atoms with Gasteiger partial charge in [0.25, 0.3) is 11.8 Å². The van der Waals surface area contributed by atoms with Crippen molar-refractivity contribution in [3.05, 3.63) is 112 Å². The molecule has 6 nitrogen and oxygen atoms in total. The van der Waals surface area contributed by atoms with Crippen molar-refractivity contribution in [2.45, 2.75) is 13.1 Å². The summed E-state index contributed by atoms with van der Waals surface area (Å²) >= 11 is 1.37. The number of hydrogen-bond donors (Lipinski definition) is 1. The largest absolute Gasteiger partial charge is 0.497 e. The van der Waals surface area contributed by atoms with Crippen LogP contribution in [0.3, 0.4) is 0 Å². The highest BCUT2D eigenvalue weighted by atomic mass is 32.1. The van der Waals surface area contributed by atoms with Crippen LogP contribution in [-0.4, -0.2) is 37.9 Å². The first-order valence-electron chi connectivity index (χ1n) is 11.7. The van der Waals surface area contributed by atoms with E-state index in [9.17, 15) is 14.0 Å². The van der Waals surface area contributed by atoms with E-state index in [1.54, 1.807) is 54.5 Å². The Bertz CT molecular complexity index is 1350. The third-order valence-electron chi connectivity index (χ3n) is 5.84.